The molecule has 0 aromatic carbocycles. The molecule has 0 aliphatic rings. The normalized spacial score (nSPS) is 12.1. The Morgan fingerprint density at radius 3 is 2.76 bits per heavy atom. The van der Waals surface area contributed by atoms with Gasteiger partial charge in [-0.25, -0.2) is 9.97 Å². The third-order valence-corrected chi connectivity index (χ3v) is 2.36. The molecule has 17 heavy (non-hydrogen) atoms. The van der Waals surface area contributed by atoms with Gasteiger partial charge in [-0.2, -0.15) is 0 Å². The summed E-state index contributed by atoms with van der Waals surface area (Å²) in [5, 5.41) is 7.34. The van der Waals surface area contributed by atoms with Crippen LogP contribution in [0.1, 0.15) is 30.1 Å². The smallest absolute Gasteiger partial charge is 0.141 e. The Bertz CT molecular complexity index is 524. The first-order valence-electron chi connectivity index (χ1n) is 5.11. The van der Waals surface area contributed by atoms with Gasteiger partial charge in [-0.1, -0.05) is 0 Å². The van der Waals surface area contributed by atoms with Gasteiger partial charge in [0.1, 0.15) is 17.4 Å². The monoisotopic (exact) mass is 228 g/mol. The van der Waals surface area contributed by atoms with E-state index in [-0.39, 0.29) is 11.8 Å². The summed E-state index contributed by atoms with van der Waals surface area (Å²) >= 11 is 0. The summed E-state index contributed by atoms with van der Waals surface area (Å²) < 4.78 is 0. The molecule has 0 amide bonds. The largest absolute Gasteiger partial charge is 0.382 e. The van der Waals surface area contributed by atoms with Gasteiger partial charge in [0.05, 0.1) is 11.6 Å². The fourth-order valence-corrected chi connectivity index (χ4v) is 1.40. The summed E-state index contributed by atoms with van der Waals surface area (Å²) in [4.78, 5) is 16.6. The molecule has 1 atom stereocenters. The predicted octanol–water partition coefficient (Wildman–Crippen LogP) is 0.702. The zero-order valence-corrected chi connectivity index (χ0v) is 9.33. The van der Waals surface area contributed by atoms with E-state index in [2.05, 4.69) is 19.9 Å². The fraction of sp³-hybridized carbons (Fsp3) is 0.182. The highest BCUT2D eigenvalue weighted by atomic mass is 14.9. The number of nitrogens with zero attached hydrogens (tertiary/aromatic N) is 4. The van der Waals surface area contributed by atoms with Crippen LogP contribution in [0.15, 0.2) is 30.9 Å². The molecule has 0 aliphatic heterocycles. The molecule has 0 saturated heterocycles. The minimum atomic E-state index is -0.0806. The Balaban J connectivity index is 2.34. The lowest BCUT2D eigenvalue weighted by atomic mass is 10.1. The maximum absolute atomic E-state index is 7.34. The van der Waals surface area contributed by atoms with Crippen molar-refractivity contribution >= 4 is 5.84 Å². The Morgan fingerprint density at radius 2 is 2.12 bits per heavy atom. The molecular weight excluding hydrogens is 216 g/mol. The maximum Gasteiger partial charge on any atom is 0.141 e. The van der Waals surface area contributed by atoms with Crippen molar-refractivity contribution in [2.75, 3.05) is 0 Å². The highest BCUT2D eigenvalue weighted by Crippen LogP contribution is 2.17. The average molecular weight is 228 g/mol. The molecule has 0 spiro atoms. The zero-order valence-electron chi connectivity index (χ0n) is 9.33. The van der Waals surface area contributed by atoms with E-state index in [0.29, 0.717) is 11.5 Å². The van der Waals surface area contributed by atoms with Gasteiger partial charge in [0.25, 0.3) is 0 Å². The van der Waals surface area contributed by atoms with Crippen LogP contribution in [0.4, 0.5) is 0 Å². The van der Waals surface area contributed by atoms with E-state index in [1.54, 1.807) is 30.9 Å². The number of hydrogen-bond acceptors (Lipinski definition) is 5. The van der Waals surface area contributed by atoms with Crippen molar-refractivity contribution < 1.29 is 0 Å². The van der Waals surface area contributed by atoms with Gasteiger partial charge in [0.15, 0.2) is 0 Å². The Kier molecular flexibility index (Phi) is 3.04. The molecule has 0 fully saturated rings. The van der Waals surface area contributed by atoms with Crippen molar-refractivity contribution in [3.63, 3.8) is 0 Å². The number of aromatic nitrogens is 4. The first-order chi connectivity index (χ1) is 8.18. The van der Waals surface area contributed by atoms with Crippen LogP contribution in [0.25, 0.3) is 0 Å². The summed E-state index contributed by atoms with van der Waals surface area (Å²) in [6.07, 6.45) is 6.50. The molecule has 0 radical (unpaired) electrons. The fourth-order valence-electron chi connectivity index (χ4n) is 1.40. The molecule has 2 heterocycles. The van der Waals surface area contributed by atoms with Crippen LogP contribution in [0.3, 0.4) is 0 Å². The second-order valence-corrected chi connectivity index (χ2v) is 3.57. The van der Waals surface area contributed by atoms with E-state index in [0.717, 1.165) is 5.69 Å². The molecule has 86 valence electrons. The highest BCUT2D eigenvalue weighted by molar-refractivity contribution is 5.92. The molecule has 6 heteroatoms. The molecule has 6 nitrogen and oxygen atoms in total. The Morgan fingerprint density at radius 1 is 1.29 bits per heavy atom. The van der Waals surface area contributed by atoms with Crippen molar-refractivity contribution in [1.29, 1.82) is 5.41 Å². The molecule has 2 aromatic heterocycles. The van der Waals surface area contributed by atoms with Gasteiger partial charge >= 0.3 is 0 Å². The minimum Gasteiger partial charge on any atom is -0.382 e. The summed E-state index contributed by atoms with van der Waals surface area (Å²) in [5.74, 6) is 0.432. The molecule has 2 rings (SSSR count). The van der Waals surface area contributed by atoms with Crippen molar-refractivity contribution in [2.24, 2.45) is 5.73 Å². The molecule has 0 aliphatic carbocycles. The van der Waals surface area contributed by atoms with E-state index in [1.165, 1.54) is 0 Å². The van der Waals surface area contributed by atoms with Crippen LogP contribution in [-0.4, -0.2) is 25.8 Å². The lowest BCUT2D eigenvalue weighted by Gasteiger charge is -2.09. The van der Waals surface area contributed by atoms with Gasteiger partial charge in [-0.3, -0.25) is 15.4 Å². The molecular formula is C11H12N6. The lowest BCUT2D eigenvalue weighted by molar-refractivity contribution is 0.776. The van der Waals surface area contributed by atoms with Crippen molar-refractivity contribution in [2.45, 2.75) is 12.8 Å². The van der Waals surface area contributed by atoms with E-state index < -0.39 is 0 Å². The summed E-state index contributed by atoms with van der Waals surface area (Å²) in [6.45, 7) is 1.93. The van der Waals surface area contributed by atoms with E-state index in [1.807, 2.05) is 6.92 Å². The van der Waals surface area contributed by atoms with Gasteiger partial charge < -0.3 is 5.73 Å². The van der Waals surface area contributed by atoms with E-state index in [4.69, 9.17) is 11.1 Å². The van der Waals surface area contributed by atoms with Gasteiger partial charge in [0, 0.05) is 24.8 Å². The van der Waals surface area contributed by atoms with Crippen molar-refractivity contribution in [1.82, 2.24) is 19.9 Å². The van der Waals surface area contributed by atoms with Gasteiger partial charge in [0.2, 0.25) is 0 Å². The summed E-state index contributed by atoms with van der Waals surface area (Å²) in [6, 6.07) is 1.61. The lowest BCUT2D eigenvalue weighted by Crippen LogP contribution is -2.15. The number of nitrogen functional groups attached to an aromatic ring is 1. The van der Waals surface area contributed by atoms with Crippen LogP contribution in [0.2, 0.25) is 0 Å². The number of hydrogen-bond donors (Lipinski definition) is 2. The standard InChI is InChI=1S/C11H12N6/c1-7(9-6-14-4-5-15-9)11-16-3-2-8(17-11)10(12)13/h2-7H,1H3,(H3,12,13). The third kappa shape index (κ3) is 2.41. The van der Waals surface area contributed by atoms with E-state index in [9.17, 15) is 0 Å². The number of nitrogens with two attached hydrogens (primary N) is 1. The number of amidine groups is 1. The molecule has 3 N–H and O–H groups in total. The molecule has 0 saturated carbocycles. The van der Waals surface area contributed by atoms with Gasteiger partial charge in [-0.15, -0.1) is 0 Å². The van der Waals surface area contributed by atoms with E-state index >= 15 is 0 Å². The van der Waals surface area contributed by atoms with Crippen molar-refractivity contribution in [3.05, 3.63) is 48.1 Å². The van der Waals surface area contributed by atoms with Crippen LogP contribution in [0, 0.1) is 5.41 Å². The molecule has 1 unspecified atom stereocenters. The second-order valence-electron chi connectivity index (χ2n) is 3.57. The predicted molar refractivity (Wildman–Crippen MR) is 62.6 cm³/mol. The Hall–Kier alpha value is -2.37. The first-order valence-corrected chi connectivity index (χ1v) is 5.11. The highest BCUT2D eigenvalue weighted by Gasteiger charge is 2.13. The zero-order chi connectivity index (χ0) is 12.3. The van der Waals surface area contributed by atoms with Crippen molar-refractivity contribution in [3.8, 4) is 0 Å². The van der Waals surface area contributed by atoms with Crippen LogP contribution in [-0.2, 0) is 0 Å². The van der Waals surface area contributed by atoms with Gasteiger partial charge in [-0.05, 0) is 13.0 Å². The SMILES string of the molecule is CC(c1cnccn1)c1nccc(C(=N)N)n1. The van der Waals surface area contributed by atoms with Crippen LogP contribution >= 0.6 is 0 Å². The van der Waals surface area contributed by atoms with Crippen LogP contribution < -0.4 is 5.73 Å². The molecule has 0 bridgehead atoms. The first kappa shape index (κ1) is 11.1. The maximum atomic E-state index is 7.34. The number of rotatable bonds is 3. The topological polar surface area (TPSA) is 101 Å². The summed E-state index contributed by atoms with van der Waals surface area (Å²) in [7, 11) is 0. The Labute approximate surface area is 98.5 Å². The minimum absolute atomic E-state index is 0.0694. The van der Waals surface area contributed by atoms with Crippen LogP contribution in [0.5, 0.6) is 0 Å². The second kappa shape index (κ2) is 4.65. The number of nitrogens with one attached hydrogen (secondary N) is 1. The average Bonchev–Trinajstić information content (AvgIpc) is 2.39. The summed E-state index contributed by atoms with van der Waals surface area (Å²) in [5.41, 5.74) is 6.59. The molecule has 2 aromatic rings. The third-order valence-electron chi connectivity index (χ3n) is 2.36. The quantitative estimate of drug-likeness (QED) is 0.594.